The predicted octanol–water partition coefficient (Wildman–Crippen LogP) is 1.63. The normalized spacial score (nSPS) is 18.1. The lowest BCUT2D eigenvalue weighted by molar-refractivity contribution is -0.184. The van der Waals surface area contributed by atoms with Crippen LogP contribution in [0.15, 0.2) is 17.5 Å². The quantitative estimate of drug-likeness (QED) is 0.831. The van der Waals surface area contributed by atoms with Gasteiger partial charge in [-0.2, -0.15) is 13.2 Å². The van der Waals surface area contributed by atoms with Crippen LogP contribution in [0.25, 0.3) is 0 Å². The third kappa shape index (κ3) is 5.26. The number of alkyl halides is 3. The summed E-state index contributed by atoms with van der Waals surface area (Å²) >= 11 is 1.54. The fourth-order valence-corrected chi connectivity index (χ4v) is 3.15. The molecule has 0 aliphatic carbocycles. The molecule has 0 saturated carbocycles. The van der Waals surface area contributed by atoms with Crippen LogP contribution in [0.2, 0.25) is 0 Å². The molecule has 0 spiro atoms. The minimum atomic E-state index is -4.33. The van der Waals surface area contributed by atoms with Gasteiger partial charge in [0.2, 0.25) is 5.91 Å². The highest BCUT2D eigenvalue weighted by molar-refractivity contribution is 7.09. The van der Waals surface area contributed by atoms with Crippen molar-refractivity contribution in [2.45, 2.75) is 25.1 Å². The van der Waals surface area contributed by atoms with Gasteiger partial charge in [-0.05, 0) is 17.9 Å². The topological polar surface area (TPSA) is 44.4 Å². The average Bonchev–Trinajstić information content (AvgIpc) is 2.98. The van der Waals surface area contributed by atoms with Crippen molar-refractivity contribution in [1.82, 2.24) is 15.5 Å². The zero-order valence-corrected chi connectivity index (χ0v) is 13.0. The largest absolute Gasteiger partial charge is 0.405 e. The average molecular weight is 335 g/mol. The molecule has 1 amide bonds. The van der Waals surface area contributed by atoms with Crippen molar-refractivity contribution in [3.05, 3.63) is 22.4 Å². The molecule has 8 heteroatoms. The van der Waals surface area contributed by atoms with Crippen molar-refractivity contribution in [2.24, 2.45) is 0 Å². The van der Waals surface area contributed by atoms with Gasteiger partial charge < -0.3 is 10.6 Å². The molecule has 2 rings (SSSR count). The molecule has 1 saturated heterocycles. The van der Waals surface area contributed by atoms with Gasteiger partial charge >= 0.3 is 6.18 Å². The van der Waals surface area contributed by atoms with Crippen LogP contribution in [0.1, 0.15) is 11.3 Å². The van der Waals surface area contributed by atoms with E-state index in [1.54, 1.807) is 11.3 Å². The highest BCUT2D eigenvalue weighted by atomic mass is 32.1. The number of piperazine rings is 1. The van der Waals surface area contributed by atoms with Gasteiger partial charge in [-0.1, -0.05) is 6.07 Å². The molecule has 2 heterocycles. The lowest BCUT2D eigenvalue weighted by Gasteiger charge is -2.35. The van der Waals surface area contributed by atoms with E-state index in [0.29, 0.717) is 32.6 Å². The Kier molecular flexibility index (Phi) is 6.22. The van der Waals surface area contributed by atoms with E-state index in [0.717, 1.165) is 4.88 Å². The van der Waals surface area contributed by atoms with Gasteiger partial charge in [-0.15, -0.1) is 11.3 Å². The van der Waals surface area contributed by atoms with Crippen molar-refractivity contribution in [2.75, 3.05) is 32.7 Å². The highest BCUT2D eigenvalue weighted by Gasteiger charge is 2.43. The number of rotatable bonds is 6. The maximum Gasteiger partial charge on any atom is 0.405 e. The van der Waals surface area contributed by atoms with Gasteiger partial charge in [0.05, 0.1) is 0 Å². The summed E-state index contributed by atoms with van der Waals surface area (Å²) < 4.78 is 39.5. The number of thiophene rings is 1. The number of carbonyl (C=O) groups excluding carboxylic acids is 1. The SMILES string of the molecule is O=C(CCc1cccs1)NCC(N1CCNCC1)C(F)(F)F. The number of nitrogens with zero attached hydrogens (tertiary/aromatic N) is 1. The Labute approximate surface area is 131 Å². The minimum absolute atomic E-state index is 0.215. The Morgan fingerprint density at radius 3 is 2.73 bits per heavy atom. The second kappa shape index (κ2) is 7.94. The monoisotopic (exact) mass is 335 g/mol. The fraction of sp³-hybridized carbons (Fsp3) is 0.643. The molecule has 2 N–H and O–H groups in total. The van der Waals surface area contributed by atoms with Crippen LogP contribution in [-0.4, -0.2) is 55.7 Å². The zero-order valence-electron chi connectivity index (χ0n) is 12.2. The third-order valence-electron chi connectivity index (χ3n) is 3.64. The van der Waals surface area contributed by atoms with Gasteiger partial charge in [0.15, 0.2) is 0 Å². The number of hydrogen-bond donors (Lipinski definition) is 2. The molecule has 1 aliphatic heterocycles. The van der Waals surface area contributed by atoms with E-state index in [-0.39, 0.29) is 18.9 Å². The van der Waals surface area contributed by atoms with Gasteiger partial charge in [-0.25, -0.2) is 0 Å². The molecule has 4 nitrogen and oxygen atoms in total. The molecule has 1 aliphatic rings. The second-order valence-electron chi connectivity index (χ2n) is 5.23. The van der Waals surface area contributed by atoms with E-state index in [9.17, 15) is 18.0 Å². The highest BCUT2D eigenvalue weighted by Crippen LogP contribution is 2.24. The lowest BCUT2D eigenvalue weighted by Crippen LogP contribution is -2.57. The Morgan fingerprint density at radius 1 is 1.41 bits per heavy atom. The first-order valence-corrected chi connectivity index (χ1v) is 8.15. The summed E-state index contributed by atoms with van der Waals surface area (Å²) in [6.45, 7) is 1.38. The molecule has 1 fully saturated rings. The zero-order chi connectivity index (χ0) is 16.0. The maximum absolute atomic E-state index is 13.2. The van der Waals surface area contributed by atoms with Crippen molar-refractivity contribution in [3.63, 3.8) is 0 Å². The van der Waals surface area contributed by atoms with Gasteiger partial charge in [0.1, 0.15) is 6.04 Å². The van der Waals surface area contributed by atoms with Gasteiger partial charge in [0, 0.05) is 44.0 Å². The Morgan fingerprint density at radius 2 is 2.14 bits per heavy atom. The summed E-state index contributed by atoms with van der Waals surface area (Å²) in [4.78, 5) is 14.2. The molecule has 1 unspecified atom stereocenters. The van der Waals surface area contributed by atoms with Gasteiger partial charge in [0.25, 0.3) is 0 Å². The first-order valence-electron chi connectivity index (χ1n) is 7.27. The van der Waals surface area contributed by atoms with E-state index in [1.807, 2.05) is 17.5 Å². The number of carbonyl (C=O) groups is 1. The molecular weight excluding hydrogens is 315 g/mol. The molecule has 0 aromatic carbocycles. The fourth-order valence-electron chi connectivity index (χ4n) is 2.44. The number of nitrogens with one attached hydrogen (secondary N) is 2. The van der Waals surface area contributed by atoms with E-state index in [2.05, 4.69) is 10.6 Å². The number of hydrogen-bond acceptors (Lipinski definition) is 4. The molecule has 1 atom stereocenters. The first kappa shape index (κ1) is 17.2. The summed E-state index contributed by atoms with van der Waals surface area (Å²) in [5, 5.41) is 7.37. The van der Waals surface area contributed by atoms with Crippen LogP contribution in [0, 0.1) is 0 Å². The van der Waals surface area contributed by atoms with E-state index >= 15 is 0 Å². The molecule has 1 aromatic heterocycles. The smallest absolute Gasteiger partial charge is 0.354 e. The van der Waals surface area contributed by atoms with E-state index in [4.69, 9.17) is 0 Å². The number of amides is 1. The van der Waals surface area contributed by atoms with E-state index in [1.165, 1.54) is 4.90 Å². The van der Waals surface area contributed by atoms with Crippen molar-refractivity contribution in [1.29, 1.82) is 0 Å². The standard InChI is InChI=1S/C14H20F3N3OS/c15-14(16,17)12(20-7-5-18-6-8-20)10-19-13(21)4-3-11-2-1-9-22-11/h1-2,9,12,18H,3-8,10H2,(H,19,21). The van der Waals surface area contributed by atoms with Crippen LogP contribution < -0.4 is 10.6 Å². The maximum atomic E-state index is 13.2. The molecule has 0 radical (unpaired) electrons. The third-order valence-corrected chi connectivity index (χ3v) is 4.58. The Balaban J connectivity index is 1.81. The summed E-state index contributed by atoms with van der Waals surface area (Å²) in [6.07, 6.45) is -3.56. The lowest BCUT2D eigenvalue weighted by atomic mass is 10.2. The Hall–Kier alpha value is -1.12. The molecule has 124 valence electrons. The summed E-state index contributed by atoms with van der Waals surface area (Å²) in [5.41, 5.74) is 0. The van der Waals surface area contributed by atoms with Crippen LogP contribution in [0.3, 0.4) is 0 Å². The summed E-state index contributed by atoms with van der Waals surface area (Å²) in [7, 11) is 0. The van der Waals surface area contributed by atoms with Crippen LogP contribution in [0.4, 0.5) is 13.2 Å². The van der Waals surface area contributed by atoms with Crippen LogP contribution >= 0.6 is 11.3 Å². The van der Waals surface area contributed by atoms with Crippen molar-refractivity contribution >= 4 is 17.2 Å². The molecular formula is C14H20F3N3OS. The first-order chi connectivity index (χ1) is 10.5. The Bertz CT molecular complexity index is 458. The molecule has 1 aromatic rings. The van der Waals surface area contributed by atoms with Crippen molar-refractivity contribution < 1.29 is 18.0 Å². The van der Waals surface area contributed by atoms with E-state index < -0.39 is 12.2 Å². The van der Waals surface area contributed by atoms with Crippen molar-refractivity contribution in [3.8, 4) is 0 Å². The molecule has 0 bridgehead atoms. The second-order valence-corrected chi connectivity index (χ2v) is 6.26. The minimum Gasteiger partial charge on any atom is -0.354 e. The van der Waals surface area contributed by atoms with Gasteiger partial charge in [-0.3, -0.25) is 9.69 Å². The summed E-state index contributed by atoms with van der Waals surface area (Å²) in [5.74, 6) is -0.335. The molecule has 22 heavy (non-hydrogen) atoms. The van der Waals surface area contributed by atoms with Crippen LogP contribution in [-0.2, 0) is 11.2 Å². The predicted molar refractivity (Wildman–Crippen MR) is 79.9 cm³/mol. The number of halogens is 3. The van der Waals surface area contributed by atoms with Crippen LogP contribution in [0.5, 0.6) is 0 Å². The summed E-state index contributed by atoms with van der Waals surface area (Å²) in [6, 6.07) is 2.19. The number of aryl methyl sites for hydroxylation is 1.